The Hall–Kier alpha value is -0.0700. The first-order valence-electron chi connectivity index (χ1n) is 7.41. The number of morpholine rings is 1. The van der Waals surface area contributed by atoms with Crippen LogP contribution in [0.15, 0.2) is 0 Å². The van der Waals surface area contributed by atoms with E-state index in [1.165, 1.54) is 6.42 Å². The van der Waals surface area contributed by atoms with Gasteiger partial charge in [-0.1, -0.05) is 0 Å². The summed E-state index contributed by atoms with van der Waals surface area (Å²) in [6.07, 6.45) is 2.93. The third kappa shape index (κ3) is 6.70. The molecule has 21 heavy (non-hydrogen) atoms. The summed E-state index contributed by atoms with van der Waals surface area (Å²) in [5.74, 6) is 0.167. The lowest BCUT2D eigenvalue weighted by Gasteiger charge is -2.40. The molecule has 0 aliphatic carbocycles. The monoisotopic (exact) mass is 341 g/mol. The van der Waals surface area contributed by atoms with E-state index in [0.717, 1.165) is 39.3 Å². The Morgan fingerprint density at radius 3 is 2.57 bits per heavy atom. The second-order valence-electron chi connectivity index (χ2n) is 6.19. The molecule has 1 amide bonds. The lowest BCUT2D eigenvalue weighted by molar-refractivity contribution is -0.122. The van der Waals surface area contributed by atoms with Gasteiger partial charge in [-0.2, -0.15) is 0 Å². The lowest BCUT2D eigenvalue weighted by atomic mass is 10.0. The van der Waals surface area contributed by atoms with Crippen LogP contribution in [0.3, 0.4) is 0 Å². The van der Waals surface area contributed by atoms with Crippen molar-refractivity contribution in [1.82, 2.24) is 15.5 Å². The summed E-state index contributed by atoms with van der Waals surface area (Å²) in [7, 11) is 0. The largest absolute Gasteiger partial charge is 0.379 e. The van der Waals surface area contributed by atoms with Gasteiger partial charge in [-0.3, -0.25) is 9.69 Å². The lowest BCUT2D eigenvalue weighted by Crippen LogP contribution is -2.55. The molecule has 0 spiro atoms. The molecule has 7 heteroatoms. The highest BCUT2D eigenvalue weighted by molar-refractivity contribution is 5.85. The summed E-state index contributed by atoms with van der Waals surface area (Å²) in [4.78, 5) is 14.3. The van der Waals surface area contributed by atoms with Gasteiger partial charge in [0, 0.05) is 37.6 Å². The van der Waals surface area contributed by atoms with Crippen LogP contribution >= 0.6 is 24.8 Å². The third-order valence-electron chi connectivity index (χ3n) is 4.18. The van der Waals surface area contributed by atoms with Crippen LogP contribution < -0.4 is 10.6 Å². The minimum absolute atomic E-state index is 0. The van der Waals surface area contributed by atoms with Crippen LogP contribution in [0.2, 0.25) is 0 Å². The standard InChI is InChI=1S/C14H27N3O2.2ClH/c1-14(2,17-6-8-19-9-7-17)11-16-13(18)10-12-4-3-5-15-12;;/h12,15H,3-11H2,1-2H3,(H,16,18);2*1H. The maximum atomic E-state index is 11.9. The Bertz CT molecular complexity index is 305. The average Bonchev–Trinajstić information content (AvgIpc) is 2.90. The average molecular weight is 342 g/mol. The SMILES string of the molecule is CC(C)(CNC(=O)CC1CCCN1)N1CCOCC1.Cl.Cl. The van der Waals surface area contributed by atoms with E-state index < -0.39 is 0 Å². The van der Waals surface area contributed by atoms with Gasteiger partial charge >= 0.3 is 0 Å². The summed E-state index contributed by atoms with van der Waals surface area (Å²) in [6.45, 7) is 9.63. The number of carbonyl (C=O) groups excluding carboxylic acids is 1. The van der Waals surface area contributed by atoms with E-state index in [-0.39, 0.29) is 36.3 Å². The van der Waals surface area contributed by atoms with Crippen LogP contribution in [-0.4, -0.2) is 61.8 Å². The Morgan fingerprint density at radius 1 is 1.33 bits per heavy atom. The van der Waals surface area contributed by atoms with Crippen molar-refractivity contribution in [3.8, 4) is 0 Å². The Balaban J connectivity index is 0.00000200. The van der Waals surface area contributed by atoms with Gasteiger partial charge in [0.25, 0.3) is 0 Å². The minimum Gasteiger partial charge on any atom is -0.379 e. The van der Waals surface area contributed by atoms with E-state index in [1.54, 1.807) is 0 Å². The van der Waals surface area contributed by atoms with Crippen molar-refractivity contribution in [3.63, 3.8) is 0 Å². The van der Waals surface area contributed by atoms with E-state index in [0.29, 0.717) is 19.0 Å². The summed E-state index contributed by atoms with van der Waals surface area (Å²) >= 11 is 0. The zero-order valence-corrected chi connectivity index (χ0v) is 14.7. The first kappa shape index (κ1) is 20.9. The molecule has 126 valence electrons. The predicted molar refractivity (Wildman–Crippen MR) is 89.6 cm³/mol. The highest BCUT2D eigenvalue weighted by atomic mass is 35.5. The maximum Gasteiger partial charge on any atom is 0.221 e. The molecule has 2 aliphatic rings. The van der Waals surface area contributed by atoms with Gasteiger partial charge in [0.2, 0.25) is 5.91 Å². The Labute approximate surface area is 140 Å². The molecule has 2 N–H and O–H groups in total. The predicted octanol–water partition coefficient (Wildman–Crippen LogP) is 1.20. The fraction of sp³-hybridized carbons (Fsp3) is 0.929. The number of amides is 1. The number of carbonyl (C=O) groups is 1. The molecule has 0 aromatic heterocycles. The molecule has 1 atom stereocenters. The van der Waals surface area contributed by atoms with Gasteiger partial charge < -0.3 is 15.4 Å². The van der Waals surface area contributed by atoms with E-state index in [9.17, 15) is 4.79 Å². The van der Waals surface area contributed by atoms with Crippen molar-refractivity contribution in [1.29, 1.82) is 0 Å². The van der Waals surface area contributed by atoms with E-state index in [4.69, 9.17) is 4.74 Å². The summed E-state index contributed by atoms with van der Waals surface area (Å²) in [5, 5.41) is 6.45. The molecule has 0 saturated carbocycles. The number of hydrogen-bond acceptors (Lipinski definition) is 4. The number of ether oxygens (including phenoxy) is 1. The molecule has 0 aromatic rings. The quantitative estimate of drug-likeness (QED) is 0.788. The Morgan fingerprint density at radius 2 is 2.00 bits per heavy atom. The number of halogens is 2. The smallest absolute Gasteiger partial charge is 0.221 e. The zero-order chi connectivity index (χ0) is 13.7. The molecule has 2 fully saturated rings. The van der Waals surface area contributed by atoms with Gasteiger partial charge in [0.15, 0.2) is 0 Å². The highest BCUT2D eigenvalue weighted by Gasteiger charge is 2.29. The van der Waals surface area contributed by atoms with E-state index in [1.807, 2.05) is 0 Å². The van der Waals surface area contributed by atoms with Crippen molar-refractivity contribution in [3.05, 3.63) is 0 Å². The van der Waals surface area contributed by atoms with Crippen LogP contribution in [0, 0.1) is 0 Å². The molecular formula is C14H29Cl2N3O2. The normalized spacial score (nSPS) is 23.0. The second kappa shape index (κ2) is 9.85. The van der Waals surface area contributed by atoms with Crippen LogP contribution in [0.5, 0.6) is 0 Å². The van der Waals surface area contributed by atoms with E-state index in [2.05, 4.69) is 29.4 Å². The summed E-state index contributed by atoms with van der Waals surface area (Å²) in [6, 6.07) is 0.381. The third-order valence-corrected chi connectivity index (χ3v) is 4.18. The maximum absolute atomic E-state index is 11.9. The molecule has 0 radical (unpaired) electrons. The molecule has 5 nitrogen and oxygen atoms in total. The highest BCUT2D eigenvalue weighted by Crippen LogP contribution is 2.15. The van der Waals surface area contributed by atoms with Crippen LogP contribution in [-0.2, 0) is 9.53 Å². The van der Waals surface area contributed by atoms with Gasteiger partial charge in [-0.15, -0.1) is 24.8 Å². The Kier molecular flexibility index (Phi) is 9.81. The fourth-order valence-electron chi connectivity index (χ4n) is 2.82. The summed E-state index contributed by atoms with van der Waals surface area (Å²) < 4.78 is 5.37. The molecule has 0 bridgehead atoms. The molecule has 0 aromatic carbocycles. The first-order chi connectivity index (χ1) is 9.08. The van der Waals surface area contributed by atoms with Gasteiger partial charge in [-0.05, 0) is 33.2 Å². The van der Waals surface area contributed by atoms with E-state index >= 15 is 0 Å². The number of rotatable bonds is 5. The minimum atomic E-state index is 0. The van der Waals surface area contributed by atoms with Crippen LogP contribution in [0.25, 0.3) is 0 Å². The zero-order valence-electron chi connectivity index (χ0n) is 13.0. The molecular weight excluding hydrogens is 313 g/mol. The second-order valence-corrected chi connectivity index (χ2v) is 6.19. The van der Waals surface area contributed by atoms with Crippen molar-refractivity contribution in [2.24, 2.45) is 0 Å². The number of nitrogens with one attached hydrogen (secondary N) is 2. The van der Waals surface area contributed by atoms with Gasteiger partial charge in [0.05, 0.1) is 13.2 Å². The fourth-order valence-corrected chi connectivity index (χ4v) is 2.82. The number of nitrogens with zero attached hydrogens (tertiary/aromatic N) is 1. The molecule has 2 saturated heterocycles. The molecule has 2 rings (SSSR count). The van der Waals surface area contributed by atoms with Crippen molar-refractivity contribution < 1.29 is 9.53 Å². The number of hydrogen-bond donors (Lipinski definition) is 2. The molecule has 2 aliphatic heterocycles. The van der Waals surface area contributed by atoms with Gasteiger partial charge in [0.1, 0.15) is 0 Å². The van der Waals surface area contributed by atoms with Gasteiger partial charge in [-0.25, -0.2) is 0 Å². The van der Waals surface area contributed by atoms with Crippen molar-refractivity contribution in [2.45, 2.75) is 44.7 Å². The topological polar surface area (TPSA) is 53.6 Å². The molecule has 1 unspecified atom stereocenters. The first-order valence-corrected chi connectivity index (χ1v) is 7.41. The molecule has 2 heterocycles. The van der Waals surface area contributed by atoms with Crippen molar-refractivity contribution >= 4 is 30.7 Å². The summed E-state index contributed by atoms with van der Waals surface area (Å²) in [5.41, 5.74) is 0.00252. The van der Waals surface area contributed by atoms with Crippen LogP contribution in [0.4, 0.5) is 0 Å². The van der Waals surface area contributed by atoms with Crippen LogP contribution in [0.1, 0.15) is 33.1 Å². The van der Waals surface area contributed by atoms with Crippen molar-refractivity contribution in [2.75, 3.05) is 39.4 Å².